The van der Waals surface area contributed by atoms with Gasteiger partial charge in [0.15, 0.2) is 0 Å². The van der Waals surface area contributed by atoms with E-state index in [9.17, 15) is 14.4 Å². The molecule has 0 aliphatic rings. The first-order valence-corrected chi connectivity index (χ1v) is 7.23. The fourth-order valence-electron chi connectivity index (χ4n) is 1.92. The molecule has 7 heteroatoms. The monoisotopic (exact) mass is 301 g/mol. The number of hydrogen-bond acceptors (Lipinski definition) is 3. The predicted octanol–water partition coefficient (Wildman–Crippen LogP) is 0.901. The third-order valence-corrected chi connectivity index (χ3v) is 3.12. The average Bonchev–Trinajstić information content (AvgIpc) is 2.39. The van der Waals surface area contributed by atoms with Gasteiger partial charge >= 0.3 is 12.0 Å². The minimum absolute atomic E-state index is 0.0238. The van der Waals surface area contributed by atoms with Gasteiger partial charge in [-0.05, 0) is 25.2 Å². The van der Waals surface area contributed by atoms with E-state index in [2.05, 4.69) is 10.6 Å². The largest absolute Gasteiger partial charge is 0.481 e. The van der Waals surface area contributed by atoms with Crippen LogP contribution in [0.25, 0.3) is 0 Å². The summed E-state index contributed by atoms with van der Waals surface area (Å²) in [6.07, 6.45) is 0.750. The minimum atomic E-state index is -0.873. The SMILES string of the molecule is CCN(C)C(=O)CNC(=O)NCC(CC(=O)O)CC(C)C. The number of carbonyl (C=O) groups excluding carboxylic acids is 2. The van der Waals surface area contributed by atoms with Crippen LogP contribution in [0.1, 0.15) is 33.6 Å². The molecule has 0 aliphatic carbocycles. The fraction of sp³-hybridized carbons (Fsp3) is 0.786. The molecule has 0 aromatic rings. The highest BCUT2D eigenvalue weighted by molar-refractivity contribution is 5.83. The summed E-state index contributed by atoms with van der Waals surface area (Å²) in [5.74, 6) is -0.791. The molecule has 0 radical (unpaired) electrons. The van der Waals surface area contributed by atoms with Crippen LogP contribution in [0.4, 0.5) is 4.79 Å². The lowest BCUT2D eigenvalue weighted by atomic mass is 9.94. The van der Waals surface area contributed by atoms with E-state index in [1.807, 2.05) is 20.8 Å². The normalized spacial score (nSPS) is 11.9. The Morgan fingerprint density at radius 1 is 1.19 bits per heavy atom. The molecule has 7 nitrogen and oxygen atoms in total. The number of carbonyl (C=O) groups is 3. The molecule has 0 aromatic carbocycles. The Hall–Kier alpha value is -1.79. The summed E-state index contributed by atoms with van der Waals surface area (Å²) < 4.78 is 0. The molecule has 0 spiro atoms. The van der Waals surface area contributed by atoms with Gasteiger partial charge in [-0.25, -0.2) is 4.79 Å². The Morgan fingerprint density at radius 3 is 2.29 bits per heavy atom. The zero-order valence-corrected chi connectivity index (χ0v) is 13.3. The van der Waals surface area contributed by atoms with Crippen LogP contribution in [0.3, 0.4) is 0 Å². The van der Waals surface area contributed by atoms with E-state index in [0.717, 1.165) is 6.42 Å². The van der Waals surface area contributed by atoms with Gasteiger partial charge in [0.2, 0.25) is 5.91 Å². The van der Waals surface area contributed by atoms with Crippen molar-refractivity contribution in [2.75, 3.05) is 26.7 Å². The van der Waals surface area contributed by atoms with Gasteiger partial charge in [-0.1, -0.05) is 13.8 Å². The van der Waals surface area contributed by atoms with Crippen molar-refractivity contribution in [3.63, 3.8) is 0 Å². The number of nitrogens with one attached hydrogen (secondary N) is 2. The van der Waals surface area contributed by atoms with Crippen LogP contribution < -0.4 is 10.6 Å². The van der Waals surface area contributed by atoms with Crippen molar-refractivity contribution in [3.05, 3.63) is 0 Å². The maximum absolute atomic E-state index is 11.6. The number of nitrogens with zero attached hydrogens (tertiary/aromatic N) is 1. The summed E-state index contributed by atoms with van der Waals surface area (Å²) in [5.41, 5.74) is 0. The van der Waals surface area contributed by atoms with Crippen LogP contribution in [0.5, 0.6) is 0 Å². The molecule has 0 saturated heterocycles. The van der Waals surface area contributed by atoms with E-state index in [-0.39, 0.29) is 31.3 Å². The standard InChI is InChI=1S/C14H27N3O4/c1-5-17(4)12(18)9-16-14(21)15-8-11(6-10(2)3)7-13(19)20/h10-11H,5-9H2,1-4H3,(H,19,20)(H2,15,16,21). The summed E-state index contributed by atoms with van der Waals surface area (Å²) >= 11 is 0. The van der Waals surface area contributed by atoms with E-state index in [1.165, 1.54) is 4.90 Å². The topological polar surface area (TPSA) is 98.7 Å². The Kier molecular flexibility index (Phi) is 9.16. The Morgan fingerprint density at radius 2 is 1.81 bits per heavy atom. The predicted molar refractivity (Wildman–Crippen MR) is 79.9 cm³/mol. The number of carboxylic acid groups (broad SMARTS) is 1. The second kappa shape index (κ2) is 10.0. The Labute approximate surface area is 126 Å². The van der Waals surface area contributed by atoms with Gasteiger partial charge in [0, 0.05) is 26.6 Å². The number of hydrogen-bond donors (Lipinski definition) is 3. The van der Waals surface area contributed by atoms with Crippen molar-refractivity contribution in [1.29, 1.82) is 0 Å². The maximum Gasteiger partial charge on any atom is 0.315 e. The van der Waals surface area contributed by atoms with Gasteiger partial charge in [0.25, 0.3) is 0 Å². The molecule has 0 aliphatic heterocycles. The number of amides is 3. The lowest BCUT2D eigenvalue weighted by Crippen LogP contribution is -2.44. The summed E-state index contributed by atoms with van der Waals surface area (Å²) in [5, 5.41) is 13.9. The molecule has 0 fully saturated rings. The molecule has 0 bridgehead atoms. The Balaban J connectivity index is 4.12. The van der Waals surface area contributed by atoms with Crippen LogP contribution in [0.2, 0.25) is 0 Å². The average molecular weight is 301 g/mol. The first-order valence-electron chi connectivity index (χ1n) is 7.23. The second-order valence-corrected chi connectivity index (χ2v) is 5.56. The molecular formula is C14H27N3O4. The molecule has 122 valence electrons. The zero-order valence-electron chi connectivity index (χ0n) is 13.3. The minimum Gasteiger partial charge on any atom is -0.481 e. The molecule has 0 heterocycles. The zero-order chi connectivity index (χ0) is 16.4. The molecule has 0 saturated carbocycles. The van der Waals surface area contributed by atoms with Gasteiger partial charge in [-0.15, -0.1) is 0 Å². The van der Waals surface area contributed by atoms with Crippen LogP contribution in [-0.2, 0) is 9.59 Å². The first-order chi connectivity index (χ1) is 9.76. The smallest absolute Gasteiger partial charge is 0.315 e. The van der Waals surface area contributed by atoms with E-state index < -0.39 is 12.0 Å². The van der Waals surface area contributed by atoms with Crippen LogP contribution in [0, 0.1) is 11.8 Å². The molecule has 0 rings (SSSR count). The van der Waals surface area contributed by atoms with Crippen molar-refractivity contribution < 1.29 is 19.5 Å². The second-order valence-electron chi connectivity index (χ2n) is 5.56. The van der Waals surface area contributed by atoms with Gasteiger partial charge in [0.1, 0.15) is 0 Å². The molecule has 21 heavy (non-hydrogen) atoms. The number of aliphatic carboxylic acids is 1. The van der Waals surface area contributed by atoms with Crippen molar-refractivity contribution >= 4 is 17.9 Å². The summed E-state index contributed by atoms with van der Waals surface area (Å²) in [4.78, 5) is 35.4. The van der Waals surface area contributed by atoms with Gasteiger partial charge in [0.05, 0.1) is 6.54 Å². The first kappa shape index (κ1) is 19.2. The van der Waals surface area contributed by atoms with Crippen molar-refractivity contribution in [2.45, 2.75) is 33.6 Å². The van der Waals surface area contributed by atoms with E-state index in [1.54, 1.807) is 7.05 Å². The quantitative estimate of drug-likeness (QED) is 0.589. The molecule has 1 unspecified atom stereocenters. The molecule has 0 aromatic heterocycles. The van der Waals surface area contributed by atoms with Gasteiger partial charge in [-0.2, -0.15) is 0 Å². The Bertz CT molecular complexity index is 358. The van der Waals surface area contributed by atoms with E-state index in [4.69, 9.17) is 5.11 Å². The van der Waals surface area contributed by atoms with Crippen molar-refractivity contribution in [1.82, 2.24) is 15.5 Å². The number of urea groups is 1. The summed E-state index contributed by atoms with van der Waals surface area (Å²) in [6.45, 7) is 6.66. The lowest BCUT2D eigenvalue weighted by Gasteiger charge is -2.18. The van der Waals surface area contributed by atoms with Gasteiger partial charge in [-0.3, -0.25) is 9.59 Å². The summed E-state index contributed by atoms with van der Waals surface area (Å²) in [7, 11) is 1.66. The third-order valence-electron chi connectivity index (χ3n) is 3.12. The fourth-order valence-corrected chi connectivity index (χ4v) is 1.92. The van der Waals surface area contributed by atoms with Crippen LogP contribution in [0.15, 0.2) is 0 Å². The molecule has 3 N–H and O–H groups in total. The maximum atomic E-state index is 11.6. The number of likely N-dealkylation sites (N-methyl/N-ethyl adjacent to an activating group) is 1. The van der Waals surface area contributed by atoms with Gasteiger partial charge < -0.3 is 20.6 Å². The van der Waals surface area contributed by atoms with E-state index in [0.29, 0.717) is 12.5 Å². The molecular weight excluding hydrogens is 274 g/mol. The van der Waals surface area contributed by atoms with E-state index >= 15 is 0 Å². The lowest BCUT2D eigenvalue weighted by molar-refractivity contribution is -0.138. The molecule has 1 atom stereocenters. The third kappa shape index (κ3) is 9.70. The summed E-state index contributed by atoms with van der Waals surface area (Å²) in [6, 6.07) is -0.452. The van der Waals surface area contributed by atoms with Crippen LogP contribution in [-0.4, -0.2) is 54.6 Å². The highest BCUT2D eigenvalue weighted by Crippen LogP contribution is 2.14. The number of rotatable bonds is 9. The van der Waals surface area contributed by atoms with Crippen molar-refractivity contribution in [3.8, 4) is 0 Å². The van der Waals surface area contributed by atoms with Crippen LogP contribution >= 0.6 is 0 Å². The number of carboxylic acids is 1. The van der Waals surface area contributed by atoms with Crippen molar-refractivity contribution in [2.24, 2.45) is 11.8 Å². The molecule has 3 amide bonds. The highest BCUT2D eigenvalue weighted by Gasteiger charge is 2.16. The highest BCUT2D eigenvalue weighted by atomic mass is 16.4.